The van der Waals surface area contributed by atoms with Gasteiger partial charge in [-0.15, -0.1) is 0 Å². The molecule has 1 heterocycles. The SMILES string of the molecule is COc1cccc(OC)c1CC(=O)N1CC[C@H](N)C1. The van der Waals surface area contributed by atoms with E-state index in [-0.39, 0.29) is 18.4 Å². The molecule has 5 heteroatoms. The number of ether oxygens (including phenoxy) is 2. The Labute approximate surface area is 113 Å². The van der Waals surface area contributed by atoms with Crippen molar-refractivity contribution in [1.82, 2.24) is 4.90 Å². The summed E-state index contributed by atoms with van der Waals surface area (Å²) in [5.41, 5.74) is 6.61. The van der Waals surface area contributed by atoms with Crippen molar-refractivity contribution < 1.29 is 14.3 Å². The fourth-order valence-electron chi connectivity index (χ4n) is 2.38. The van der Waals surface area contributed by atoms with Crippen LogP contribution in [0.25, 0.3) is 0 Å². The summed E-state index contributed by atoms with van der Waals surface area (Å²) in [6.07, 6.45) is 1.15. The zero-order chi connectivity index (χ0) is 13.8. The fourth-order valence-corrected chi connectivity index (χ4v) is 2.38. The largest absolute Gasteiger partial charge is 0.496 e. The van der Waals surface area contributed by atoms with E-state index in [2.05, 4.69) is 0 Å². The lowest BCUT2D eigenvalue weighted by Crippen LogP contribution is -2.33. The minimum absolute atomic E-state index is 0.0655. The molecule has 0 aromatic heterocycles. The molecule has 0 unspecified atom stereocenters. The van der Waals surface area contributed by atoms with E-state index < -0.39 is 0 Å². The molecule has 1 aromatic carbocycles. The van der Waals surface area contributed by atoms with Gasteiger partial charge in [-0.1, -0.05) is 6.07 Å². The van der Waals surface area contributed by atoms with Crippen molar-refractivity contribution in [2.75, 3.05) is 27.3 Å². The van der Waals surface area contributed by atoms with Gasteiger partial charge in [0.05, 0.1) is 20.6 Å². The van der Waals surface area contributed by atoms with Gasteiger partial charge < -0.3 is 20.1 Å². The van der Waals surface area contributed by atoms with Gasteiger partial charge in [-0.05, 0) is 18.6 Å². The second kappa shape index (κ2) is 5.93. The molecule has 1 aromatic rings. The Balaban J connectivity index is 2.16. The topological polar surface area (TPSA) is 64.8 Å². The van der Waals surface area contributed by atoms with Crippen LogP contribution in [0.2, 0.25) is 0 Å². The molecule has 5 nitrogen and oxygen atoms in total. The average Bonchev–Trinajstić information content (AvgIpc) is 2.85. The van der Waals surface area contributed by atoms with Crippen LogP contribution in [0.3, 0.4) is 0 Å². The van der Waals surface area contributed by atoms with Gasteiger partial charge in [0.2, 0.25) is 5.91 Å². The van der Waals surface area contributed by atoms with Gasteiger partial charge in [-0.3, -0.25) is 4.79 Å². The summed E-state index contributed by atoms with van der Waals surface area (Å²) in [7, 11) is 3.18. The number of hydrogen-bond acceptors (Lipinski definition) is 4. The summed E-state index contributed by atoms with van der Waals surface area (Å²) in [6.45, 7) is 1.37. The number of nitrogens with zero attached hydrogens (tertiary/aromatic N) is 1. The van der Waals surface area contributed by atoms with Gasteiger partial charge in [0.1, 0.15) is 11.5 Å². The standard InChI is InChI=1S/C14H20N2O3/c1-18-12-4-3-5-13(19-2)11(12)8-14(17)16-7-6-10(15)9-16/h3-5,10H,6-9,15H2,1-2H3/t10-/m0/s1. The number of carbonyl (C=O) groups excluding carboxylic acids is 1. The van der Waals surface area contributed by atoms with Crippen LogP contribution in [0, 0.1) is 0 Å². The predicted molar refractivity (Wildman–Crippen MR) is 72.4 cm³/mol. The molecule has 2 rings (SSSR count). The normalized spacial score (nSPS) is 18.5. The molecule has 1 atom stereocenters. The van der Waals surface area contributed by atoms with E-state index in [4.69, 9.17) is 15.2 Å². The summed E-state index contributed by atoms with van der Waals surface area (Å²) in [4.78, 5) is 14.1. The van der Waals surface area contributed by atoms with Crippen molar-refractivity contribution in [1.29, 1.82) is 0 Å². The lowest BCUT2D eigenvalue weighted by Gasteiger charge is -2.18. The average molecular weight is 264 g/mol. The van der Waals surface area contributed by atoms with Crippen LogP contribution in [0.1, 0.15) is 12.0 Å². The van der Waals surface area contributed by atoms with Crippen molar-refractivity contribution in [3.63, 3.8) is 0 Å². The quantitative estimate of drug-likeness (QED) is 0.874. The zero-order valence-electron chi connectivity index (χ0n) is 11.4. The molecular formula is C14H20N2O3. The van der Waals surface area contributed by atoms with Gasteiger partial charge in [0, 0.05) is 24.7 Å². The fraction of sp³-hybridized carbons (Fsp3) is 0.500. The maximum atomic E-state index is 12.3. The monoisotopic (exact) mass is 264 g/mol. The molecule has 0 spiro atoms. The maximum absolute atomic E-state index is 12.3. The molecule has 1 aliphatic rings. The van der Waals surface area contributed by atoms with Crippen molar-refractivity contribution in [2.24, 2.45) is 5.73 Å². The van der Waals surface area contributed by atoms with Crippen LogP contribution in [-0.4, -0.2) is 44.2 Å². The summed E-state index contributed by atoms with van der Waals surface area (Å²) in [5.74, 6) is 1.42. The highest BCUT2D eigenvalue weighted by Gasteiger charge is 2.25. The van der Waals surface area contributed by atoms with Gasteiger partial charge in [0.15, 0.2) is 0 Å². The second-order valence-corrected chi connectivity index (χ2v) is 4.71. The summed E-state index contributed by atoms with van der Waals surface area (Å²) in [5, 5.41) is 0. The van der Waals surface area contributed by atoms with E-state index in [1.54, 1.807) is 19.1 Å². The Hall–Kier alpha value is -1.75. The van der Waals surface area contributed by atoms with Gasteiger partial charge in [-0.2, -0.15) is 0 Å². The Morgan fingerprint density at radius 3 is 2.47 bits per heavy atom. The van der Waals surface area contributed by atoms with Crippen LogP contribution < -0.4 is 15.2 Å². The van der Waals surface area contributed by atoms with Crippen molar-refractivity contribution in [3.05, 3.63) is 23.8 Å². The lowest BCUT2D eigenvalue weighted by molar-refractivity contribution is -0.129. The first-order valence-electron chi connectivity index (χ1n) is 6.39. The molecule has 1 saturated heterocycles. The van der Waals surface area contributed by atoms with E-state index in [0.717, 1.165) is 18.5 Å². The molecule has 1 fully saturated rings. The number of methoxy groups -OCH3 is 2. The lowest BCUT2D eigenvalue weighted by atomic mass is 10.1. The van der Waals surface area contributed by atoms with E-state index >= 15 is 0 Å². The van der Waals surface area contributed by atoms with Crippen LogP contribution in [-0.2, 0) is 11.2 Å². The number of likely N-dealkylation sites (tertiary alicyclic amines) is 1. The first kappa shape index (κ1) is 13.7. The van der Waals surface area contributed by atoms with Crippen molar-refractivity contribution >= 4 is 5.91 Å². The van der Waals surface area contributed by atoms with Crippen LogP contribution in [0.4, 0.5) is 0 Å². The van der Waals surface area contributed by atoms with Crippen LogP contribution >= 0.6 is 0 Å². The Morgan fingerprint density at radius 1 is 1.37 bits per heavy atom. The third-order valence-electron chi connectivity index (χ3n) is 3.44. The molecule has 19 heavy (non-hydrogen) atoms. The minimum atomic E-state index is 0.0655. The highest BCUT2D eigenvalue weighted by Crippen LogP contribution is 2.29. The van der Waals surface area contributed by atoms with Gasteiger partial charge >= 0.3 is 0 Å². The molecule has 1 aliphatic heterocycles. The number of rotatable bonds is 4. The number of benzene rings is 1. The van der Waals surface area contributed by atoms with Crippen molar-refractivity contribution in [3.8, 4) is 11.5 Å². The van der Waals surface area contributed by atoms with E-state index in [0.29, 0.717) is 18.0 Å². The Morgan fingerprint density at radius 2 is 2.00 bits per heavy atom. The number of carbonyl (C=O) groups is 1. The molecule has 104 valence electrons. The first-order chi connectivity index (χ1) is 9.15. The maximum Gasteiger partial charge on any atom is 0.227 e. The molecule has 0 saturated carbocycles. The third kappa shape index (κ3) is 2.98. The number of amides is 1. The predicted octanol–water partition coefficient (Wildman–Crippen LogP) is 0.806. The first-order valence-corrected chi connectivity index (χ1v) is 6.39. The summed E-state index contributed by atoms with van der Waals surface area (Å²) < 4.78 is 10.6. The number of nitrogens with two attached hydrogens (primary N) is 1. The zero-order valence-corrected chi connectivity index (χ0v) is 11.4. The smallest absolute Gasteiger partial charge is 0.227 e. The highest BCUT2D eigenvalue weighted by molar-refractivity contribution is 5.80. The number of hydrogen-bond donors (Lipinski definition) is 1. The van der Waals surface area contributed by atoms with Crippen LogP contribution in [0.15, 0.2) is 18.2 Å². The highest BCUT2D eigenvalue weighted by atomic mass is 16.5. The Kier molecular flexibility index (Phi) is 4.27. The van der Waals surface area contributed by atoms with E-state index in [1.807, 2.05) is 18.2 Å². The van der Waals surface area contributed by atoms with E-state index in [9.17, 15) is 4.79 Å². The molecule has 0 bridgehead atoms. The molecule has 0 radical (unpaired) electrons. The Bertz CT molecular complexity index is 440. The molecule has 0 aliphatic carbocycles. The van der Waals surface area contributed by atoms with Gasteiger partial charge in [-0.25, -0.2) is 0 Å². The van der Waals surface area contributed by atoms with E-state index in [1.165, 1.54) is 0 Å². The minimum Gasteiger partial charge on any atom is -0.496 e. The summed E-state index contributed by atoms with van der Waals surface area (Å²) in [6, 6.07) is 5.61. The van der Waals surface area contributed by atoms with Crippen LogP contribution in [0.5, 0.6) is 11.5 Å². The second-order valence-electron chi connectivity index (χ2n) is 4.71. The molecule has 1 amide bonds. The third-order valence-corrected chi connectivity index (χ3v) is 3.44. The van der Waals surface area contributed by atoms with Crippen molar-refractivity contribution in [2.45, 2.75) is 18.9 Å². The molecule has 2 N–H and O–H groups in total. The van der Waals surface area contributed by atoms with Gasteiger partial charge in [0.25, 0.3) is 0 Å². The summed E-state index contributed by atoms with van der Waals surface area (Å²) >= 11 is 0. The molecular weight excluding hydrogens is 244 g/mol.